The van der Waals surface area contributed by atoms with Gasteiger partial charge in [-0.3, -0.25) is 9.59 Å². The van der Waals surface area contributed by atoms with E-state index in [4.69, 9.17) is 0 Å². The molecule has 0 radical (unpaired) electrons. The Balaban J connectivity index is 1.77. The van der Waals surface area contributed by atoms with E-state index in [0.717, 1.165) is 18.4 Å². The zero-order chi connectivity index (χ0) is 14.8. The molecule has 1 aliphatic carbocycles. The Morgan fingerprint density at radius 2 is 2.05 bits per heavy atom. The normalized spacial score (nSPS) is 27.8. The number of nitrogens with zero attached hydrogens (tertiary/aromatic N) is 1. The SMILES string of the molecule is CC1C(=O)NC(C2CCCCC2)C(=O)N1Cc1ccsc1. The fourth-order valence-electron chi connectivity index (χ4n) is 3.43. The maximum absolute atomic E-state index is 12.8. The molecule has 2 aliphatic rings. The lowest BCUT2D eigenvalue weighted by molar-refractivity contribution is -0.151. The Bertz CT molecular complexity index is 508. The molecule has 5 heteroatoms. The van der Waals surface area contributed by atoms with Gasteiger partial charge < -0.3 is 10.2 Å². The van der Waals surface area contributed by atoms with Crippen molar-refractivity contribution in [3.8, 4) is 0 Å². The quantitative estimate of drug-likeness (QED) is 0.933. The highest BCUT2D eigenvalue weighted by atomic mass is 32.1. The molecule has 0 bridgehead atoms. The van der Waals surface area contributed by atoms with Crippen molar-refractivity contribution in [3.05, 3.63) is 22.4 Å². The van der Waals surface area contributed by atoms with Crippen molar-refractivity contribution in [2.45, 2.75) is 57.7 Å². The van der Waals surface area contributed by atoms with Crippen molar-refractivity contribution in [1.82, 2.24) is 10.2 Å². The van der Waals surface area contributed by atoms with Crippen LogP contribution in [0.2, 0.25) is 0 Å². The van der Waals surface area contributed by atoms with Gasteiger partial charge in [0.05, 0.1) is 0 Å². The third-order valence-electron chi connectivity index (χ3n) is 4.75. The Morgan fingerprint density at radius 3 is 2.71 bits per heavy atom. The zero-order valence-corrected chi connectivity index (χ0v) is 13.2. The number of rotatable bonds is 3. The molecule has 0 spiro atoms. The standard InChI is InChI=1S/C16H22N2O2S/c1-11-15(19)17-14(13-5-3-2-4-6-13)16(20)18(11)9-12-7-8-21-10-12/h7-8,10-11,13-14H,2-6,9H2,1H3,(H,17,19). The molecule has 2 heterocycles. The van der Waals surface area contributed by atoms with Crippen molar-refractivity contribution in [1.29, 1.82) is 0 Å². The molecule has 1 saturated carbocycles. The second-order valence-corrected chi connectivity index (χ2v) is 6.94. The van der Waals surface area contributed by atoms with Crippen LogP contribution in [0, 0.1) is 5.92 Å². The van der Waals surface area contributed by atoms with Crippen molar-refractivity contribution >= 4 is 23.2 Å². The lowest BCUT2D eigenvalue weighted by Crippen LogP contribution is -2.64. The van der Waals surface area contributed by atoms with Crippen LogP contribution in [0.4, 0.5) is 0 Å². The fraction of sp³-hybridized carbons (Fsp3) is 0.625. The molecule has 2 atom stereocenters. The summed E-state index contributed by atoms with van der Waals surface area (Å²) in [7, 11) is 0. The van der Waals surface area contributed by atoms with Gasteiger partial charge in [-0.1, -0.05) is 19.3 Å². The summed E-state index contributed by atoms with van der Waals surface area (Å²) in [5, 5.41) is 7.02. The first-order valence-electron chi connectivity index (χ1n) is 7.79. The first-order valence-corrected chi connectivity index (χ1v) is 8.73. The molecule has 114 valence electrons. The average molecular weight is 306 g/mol. The van der Waals surface area contributed by atoms with Gasteiger partial charge in [-0.2, -0.15) is 11.3 Å². The number of nitrogens with one attached hydrogen (secondary N) is 1. The maximum atomic E-state index is 12.8. The molecular formula is C16H22N2O2S. The molecular weight excluding hydrogens is 284 g/mol. The van der Waals surface area contributed by atoms with E-state index in [0.29, 0.717) is 12.5 Å². The van der Waals surface area contributed by atoms with Crippen LogP contribution in [0.3, 0.4) is 0 Å². The summed E-state index contributed by atoms with van der Waals surface area (Å²) in [6.07, 6.45) is 5.70. The molecule has 4 nitrogen and oxygen atoms in total. The van der Waals surface area contributed by atoms with E-state index >= 15 is 0 Å². The van der Waals surface area contributed by atoms with Gasteiger partial charge in [-0.05, 0) is 48.1 Å². The number of thiophene rings is 1. The molecule has 2 fully saturated rings. The third kappa shape index (κ3) is 2.98. The van der Waals surface area contributed by atoms with E-state index in [9.17, 15) is 9.59 Å². The predicted octanol–water partition coefficient (Wildman–Crippen LogP) is 2.54. The average Bonchev–Trinajstić information content (AvgIpc) is 3.01. The molecule has 21 heavy (non-hydrogen) atoms. The van der Waals surface area contributed by atoms with Gasteiger partial charge in [0.15, 0.2) is 0 Å². The molecule has 2 unspecified atom stereocenters. The van der Waals surface area contributed by atoms with E-state index in [1.54, 1.807) is 16.2 Å². The first kappa shape index (κ1) is 14.6. The van der Waals surface area contributed by atoms with Crippen molar-refractivity contribution < 1.29 is 9.59 Å². The third-order valence-corrected chi connectivity index (χ3v) is 5.48. The lowest BCUT2D eigenvalue weighted by Gasteiger charge is -2.41. The van der Waals surface area contributed by atoms with E-state index in [-0.39, 0.29) is 23.9 Å². The number of piperazine rings is 1. The van der Waals surface area contributed by atoms with Crippen molar-refractivity contribution in [2.75, 3.05) is 0 Å². The monoisotopic (exact) mass is 306 g/mol. The van der Waals surface area contributed by atoms with Crippen molar-refractivity contribution in [2.24, 2.45) is 5.92 Å². The summed E-state index contributed by atoms with van der Waals surface area (Å²) in [6, 6.07) is 1.33. The van der Waals surface area contributed by atoms with Crippen LogP contribution in [-0.4, -0.2) is 28.8 Å². The highest BCUT2D eigenvalue weighted by molar-refractivity contribution is 7.07. The van der Waals surface area contributed by atoms with Crippen LogP contribution in [0.5, 0.6) is 0 Å². The van der Waals surface area contributed by atoms with Crippen LogP contribution >= 0.6 is 11.3 Å². The summed E-state index contributed by atoms with van der Waals surface area (Å²) in [6.45, 7) is 2.36. The van der Waals surface area contributed by atoms with Crippen LogP contribution in [0.1, 0.15) is 44.6 Å². The number of hydrogen-bond acceptors (Lipinski definition) is 3. The molecule has 1 aromatic heterocycles. The van der Waals surface area contributed by atoms with Gasteiger partial charge in [0.25, 0.3) is 0 Å². The van der Waals surface area contributed by atoms with Gasteiger partial charge in [0, 0.05) is 6.54 Å². The molecule has 0 aromatic carbocycles. The number of amides is 2. The fourth-order valence-corrected chi connectivity index (χ4v) is 4.09. The van der Waals surface area contributed by atoms with Crippen LogP contribution in [-0.2, 0) is 16.1 Å². The summed E-state index contributed by atoms with van der Waals surface area (Å²) in [5.74, 6) is 0.397. The van der Waals surface area contributed by atoms with Gasteiger partial charge in [0.2, 0.25) is 11.8 Å². The number of hydrogen-bond donors (Lipinski definition) is 1. The Kier molecular flexibility index (Phi) is 4.29. The summed E-state index contributed by atoms with van der Waals surface area (Å²) in [4.78, 5) is 26.8. The van der Waals surface area contributed by atoms with Gasteiger partial charge in [-0.15, -0.1) is 0 Å². The highest BCUT2D eigenvalue weighted by Crippen LogP contribution is 2.29. The van der Waals surface area contributed by atoms with E-state index in [1.807, 2.05) is 23.8 Å². The summed E-state index contributed by atoms with van der Waals surface area (Å²) >= 11 is 1.62. The lowest BCUT2D eigenvalue weighted by atomic mass is 9.82. The minimum atomic E-state index is -0.378. The zero-order valence-electron chi connectivity index (χ0n) is 12.4. The first-order chi connectivity index (χ1) is 10.2. The summed E-state index contributed by atoms with van der Waals surface area (Å²) in [5.41, 5.74) is 1.11. The number of carbonyl (C=O) groups excluding carboxylic acids is 2. The molecule has 2 amide bonds. The highest BCUT2D eigenvalue weighted by Gasteiger charge is 2.41. The van der Waals surface area contributed by atoms with Crippen molar-refractivity contribution in [3.63, 3.8) is 0 Å². The Labute approximate surface area is 129 Å². The van der Waals surface area contributed by atoms with Crippen LogP contribution < -0.4 is 5.32 Å². The molecule has 1 aliphatic heterocycles. The van der Waals surface area contributed by atoms with E-state index in [1.165, 1.54) is 19.3 Å². The maximum Gasteiger partial charge on any atom is 0.246 e. The van der Waals surface area contributed by atoms with Gasteiger partial charge in [-0.25, -0.2) is 0 Å². The second kappa shape index (κ2) is 6.18. The van der Waals surface area contributed by atoms with Crippen LogP contribution in [0.25, 0.3) is 0 Å². The Morgan fingerprint density at radius 1 is 1.29 bits per heavy atom. The molecule has 1 N–H and O–H groups in total. The molecule has 1 saturated heterocycles. The van der Waals surface area contributed by atoms with E-state index < -0.39 is 0 Å². The minimum absolute atomic E-state index is 0.0135. The largest absolute Gasteiger partial charge is 0.342 e. The minimum Gasteiger partial charge on any atom is -0.342 e. The second-order valence-electron chi connectivity index (χ2n) is 6.16. The smallest absolute Gasteiger partial charge is 0.246 e. The topological polar surface area (TPSA) is 49.4 Å². The Hall–Kier alpha value is -1.36. The van der Waals surface area contributed by atoms with Crippen LogP contribution in [0.15, 0.2) is 16.8 Å². The van der Waals surface area contributed by atoms with Gasteiger partial charge in [0.1, 0.15) is 12.1 Å². The van der Waals surface area contributed by atoms with Gasteiger partial charge >= 0.3 is 0 Å². The number of carbonyl (C=O) groups is 2. The predicted molar refractivity (Wildman–Crippen MR) is 82.8 cm³/mol. The molecule has 3 rings (SSSR count). The molecule has 1 aromatic rings. The van der Waals surface area contributed by atoms with E-state index in [2.05, 4.69) is 5.32 Å². The summed E-state index contributed by atoms with van der Waals surface area (Å²) < 4.78 is 0.